The summed E-state index contributed by atoms with van der Waals surface area (Å²) < 4.78 is 6.03. The normalized spacial score (nSPS) is 38.8. The van der Waals surface area contributed by atoms with Crippen LogP contribution in [0, 0.1) is 5.92 Å². The Morgan fingerprint density at radius 2 is 1.93 bits per heavy atom. The molecule has 9 unspecified atom stereocenters. The van der Waals surface area contributed by atoms with Gasteiger partial charge in [0.25, 0.3) is 0 Å². The van der Waals surface area contributed by atoms with Crippen molar-refractivity contribution in [2.24, 2.45) is 5.92 Å². The molecule has 2 aliphatic rings. The third kappa shape index (κ3) is 6.69. The van der Waals surface area contributed by atoms with Crippen molar-refractivity contribution in [3.63, 3.8) is 0 Å². The number of rotatable bonds is 7. The van der Waals surface area contributed by atoms with Gasteiger partial charge in [-0.3, -0.25) is 9.69 Å². The van der Waals surface area contributed by atoms with E-state index in [0.717, 1.165) is 25.8 Å². The number of carbonyl (C=O) groups is 1. The number of hydrogen-bond acceptors (Lipinski definition) is 7. The number of likely N-dealkylation sites (N-methyl/N-ethyl adjacent to an activating group) is 1. The van der Waals surface area contributed by atoms with Crippen LogP contribution in [0.5, 0.6) is 0 Å². The summed E-state index contributed by atoms with van der Waals surface area (Å²) in [6, 6.07) is -0.882. The average Bonchev–Trinajstić information content (AvgIpc) is 3.00. The largest absolute Gasteiger partial charge is 0.393 e. The molecule has 4 N–H and O–H groups in total. The molecule has 2 heterocycles. The third-order valence-electron chi connectivity index (χ3n) is 6.04. The lowest BCUT2D eigenvalue weighted by atomic mass is 9.94. The first-order chi connectivity index (χ1) is 13.7. The van der Waals surface area contributed by atoms with E-state index in [1.54, 1.807) is 13.2 Å². The summed E-state index contributed by atoms with van der Waals surface area (Å²) in [6.07, 6.45) is 1.43. The fourth-order valence-corrected chi connectivity index (χ4v) is 5.39. The van der Waals surface area contributed by atoms with Gasteiger partial charge in [0.2, 0.25) is 5.91 Å². The number of aliphatic hydroxyl groups is 3. The van der Waals surface area contributed by atoms with E-state index in [1.165, 1.54) is 11.8 Å². The molecule has 0 radical (unpaired) electrons. The van der Waals surface area contributed by atoms with Crippen LogP contribution in [0.25, 0.3) is 0 Å². The van der Waals surface area contributed by atoms with Crippen LogP contribution in [0.15, 0.2) is 0 Å². The highest BCUT2D eigenvalue weighted by molar-refractivity contribution is 7.99. The van der Waals surface area contributed by atoms with Crippen molar-refractivity contribution in [1.29, 1.82) is 0 Å². The molecule has 0 spiro atoms. The second-order valence-electron chi connectivity index (χ2n) is 8.52. The number of likely N-dealkylation sites (tertiary alicyclic amines) is 1. The number of aliphatic hydroxyl groups excluding tert-OH is 3. The minimum absolute atomic E-state index is 0.0563. The predicted molar refractivity (Wildman–Crippen MR) is 116 cm³/mol. The molecule has 7 nitrogen and oxygen atoms in total. The zero-order chi connectivity index (χ0) is 21.7. The van der Waals surface area contributed by atoms with Gasteiger partial charge in [0.05, 0.1) is 35.8 Å². The second-order valence-corrected chi connectivity index (χ2v) is 10.1. The van der Waals surface area contributed by atoms with Crippen molar-refractivity contribution in [3.05, 3.63) is 0 Å². The van der Waals surface area contributed by atoms with Crippen LogP contribution in [0.1, 0.15) is 46.0 Å². The van der Waals surface area contributed by atoms with Gasteiger partial charge in [-0.2, -0.15) is 0 Å². The maximum atomic E-state index is 13.1. The highest BCUT2D eigenvalue weighted by Crippen LogP contribution is 2.29. The number of carbonyl (C=O) groups excluding carboxylic acids is 1. The number of nitrogens with one attached hydrogen (secondary N) is 1. The van der Waals surface area contributed by atoms with Gasteiger partial charge in [0.15, 0.2) is 0 Å². The average molecular weight is 453 g/mol. The van der Waals surface area contributed by atoms with Crippen LogP contribution in [0.2, 0.25) is 0 Å². The molecule has 9 heteroatoms. The summed E-state index contributed by atoms with van der Waals surface area (Å²) in [5.41, 5.74) is -0.623. The van der Waals surface area contributed by atoms with Crippen LogP contribution in [0.3, 0.4) is 0 Å². The number of nitrogens with zero attached hydrogens (tertiary/aromatic N) is 1. The van der Waals surface area contributed by atoms with E-state index in [1.807, 2.05) is 7.05 Å². The Balaban J connectivity index is 2.14. The summed E-state index contributed by atoms with van der Waals surface area (Å²) in [7, 11) is 1.96. The first-order valence-electron chi connectivity index (χ1n) is 10.5. The van der Waals surface area contributed by atoms with Crippen LogP contribution >= 0.6 is 23.4 Å². The van der Waals surface area contributed by atoms with Gasteiger partial charge in [0.1, 0.15) is 11.5 Å². The van der Waals surface area contributed by atoms with E-state index in [0.29, 0.717) is 5.92 Å². The Morgan fingerprint density at radius 3 is 2.52 bits per heavy atom. The lowest BCUT2D eigenvalue weighted by Gasteiger charge is -2.39. The molecule has 2 saturated heterocycles. The summed E-state index contributed by atoms with van der Waals surface area (Å²) in [5.74, 6) is 0.380. The van der Waals surface area contributed by atoms with Crippen molar-refractivity contribution in [2.45, 2.75) is 93.3 Å². The zero-order valence-electron chi connectivity index (χ0n) is 17.8. The van der Waals surface area contributed by atoms with Crippen molar-refractivity contribution >= 4 is 29.3 Å². The minimum Gasteiger partial charge on any atom is -0.393 e. The van der Waals surface area contributed by atoms with Gasteiger partial charge in [-0.1, -0.05) is 13.3 Å². The number of ether oxygens (including phenoxy) is 1. The van der Waals surface area contributed by atoms with Crippen molar-refractivity contribution in [2.75, 3.05) is 19.8 Å². The molecule has 0 aliphatic carbocycles. The molecule has 29 heavy (non-hydrogen) atoms. The van der Waals surface area contributed by atoms with Crippen molar-refractivity contribution in [1.82, 2.24) is 10.2 Å². The topological polar surface area (TPSA) is 102 Å². The Bertz CT molecular complexity index is 529. The highest BCUT2D eigenvalue weighted by Gasteiger charge is 2.42. The number of hydrogen-bond donors (Lipinski definition) is 4. The maximum Gasteiger partial charge on any atom is 0.237 e. The van der Waals surface area contributed by atoms with Gasteiger partial charge in [-0.15, -0.1) is 23.4 Å². The Kier molecular flexibility index (Phi) is 9.99. The molecule has 0 saturated carbocycles. The molecule has 2 fully saturated rings. The summed E-state index contributed by atoms with van der Waals surface area (Å²) in [6.45, 7) is 4.79. The van der Waals surface area contributed by atoms with E-state index < -0.39 is 41.3 Å². The van der Waals surface area contributed by atoms with E-state index in [9.17, 15) is 20.1 Å². The van der Waals surface area contributed by atoms with Crippen LogP contribution in [-0.4, -0.2) is 93.3 Å². The molecular weight excluding hydrogens is 416 g/mol. The SMILES string of the molecule is CCCC1CC(C(=O)NC(C(C)Cl)C2OC(SC)C(O)CC(O)CC2O)N(C)C1. The lowest BCUT2D eigenvalue weighted by Crippen LogP contribution is -2.59. The molecule has 9 atom stereocenters. The van der Waals surface area contributed by atoms with E-state index >= 15 is 0 Å². The molecule has 0 bridgehead atoms. The van der Waals surface area contributed by atoms with Crippen molar-refractivity contribution in [3.8, 4) is 0 Å². The Morgan fingerprint density at radius 1 is 1.28 bits per heavy atom. The first kappa shape index (κ1) is 25.2. The predicted octanol–water partition coefficient (Wildman–Crippen LogP) is 1.17. The third-order valence-corrected chi connectivity index (χ3v) is 7.20. The summed E-state index contributed by atoms with van der Waals surface area (Å²) >= 11 is 7.72. The molecule has 0 aromatic carbocycles. The standard InChI is InChI=1S/C20H37ClN2O5S/c1-5-6-12-7-14(23(3)10-12)19(27)22-17(11(2)21)18-15(25)8-13(24)9-16(26)20(28-18)29-4/h11-18,20,24-26H,5-10H2,1-4H3,(H,22,27). The molecule has 0 aromatic heterocycles. The quantitative estimate of drug-likeness (QED) is 0.430. The lowest BCUT2D eigenvalue weighted by molar-refractivity contribution is -0.139. The van der Waals surface area contributed by atoms with Gasteiger partial charge in [0, 0.05) is 19.4 Å². The fourth-order valence-electron chi connectivity index (χ4n) is 4.52. The molecular formula is C20H37ClN2O5S. The smallest absolute Gasteiger partial charge is 0.237 e. The van der Waals surface area contributed by atoms with Gasteiger partial charge < -0.3 is 25.4 Å². The van der Waals surface area contributed by atoms with Crippen LogP contribution in [-0.2, 0) is 9.53 Å². The monoisotopic (exact) mass is 452 g/mol. The van der Waals surface area contributed by atoms with Gasteiger partial charge >= 0.3 is 0 Å². The molecule has 1 amide bonds. The Labute approximate surface area is 183 Å². The van der Waals surface area contributed by atoms with Crippen LogP contribution < -0.4 is 5.32 Å². The Hall–Kier alpha value is -0.0900. The molecule has 170 valence electrons. The molecule has 2 aliphatic heterocycles. The first-order valence-corrected chi connectivity index (χ1v) is 12.3. The van der Waals surface area contributed by atoms with Gasteiger partial charge in [-0.05, 0) is 39.0 Å². The van der Waals surface area contributed by atoms with E-state index in [2.05, 4.69) is 17.1 Å². The maximum absolute atomic E-state index is 13.1. The van der Waals surface area contributed by atoms with Gasteiger partial charge in [-0.25, -0.2) is 0 Å². The number of amides is 1. The number of thioether (sulfide) groups is 1. The zero-order valence-corrected chi connectivity index (χ0v) is 19.4. The summed E-state index contributed by atoms with van der Waals surface area (Å²) in [4.78, 5) is 15.1. The second kappa shape index (κ2) is 11.5. The molecule has 0 aromatic rings. The minimum atomic E-state index is -1.01. The van der Waals surface area contributed by atoms with E-state index in [4.69, 9.17) is 16.3 Å². The van der Waals surface area contributed by atoms with Crippen LogP contribution in [0.4, 0.5) is 0 Å². The number of halogens is 1. The highest BCUT2D eigenvalue weighted by atomic mass is 35.5. The summed E-state index contributed by atoms with van der Waals surface area (Å²) in [5, 5.41) is 33.7. The number of alkyl halides is 1. The molecule has 2 rings (SSSR count). The van der Waals surface area contributed by atoms with E-state index in [-0.39, 0.29) is 24.8 Å². The fraction of sp³-hybridized carbons (Fsp3) is 0.950. The van der Waals surface area contributed by atoms with Crippen molar-refractivity contribution < 1.29 is 24.9 Å².